The molecule has 0 aliphatic carbocycles. The minimum atomic E-state index is 0.645. The summed E-state index contributed by atoms with van der Waals surface area (Å²) in [6, 6.07) is 57.4. The molecule has 5 nitrogen and oxygen atoms in total. The molecule has 7 aromatic carbocycles. The lowest BCUT2D eigenvalue weighted by atomic mass is 9.89. The Morgan fingerprint density at radius 3 is 2.04 bits per heavy atom. The molecule has 0 radical (unpaired) electrons. The van der Waals surface area contributed by atoms with E-state index in [9.17, 15) is 0 Å². The Morgan fingerprint density at radius 2 is 1.21 bits per heavy atom. The molecule has 3 aromatic heterocycles. The molecule has 52 heavy (non-hydrogen) atoms. The molecule has 0 saturated carbocycles. The zero-order chi connectivity index (χ0) is 34.2. The SMILES string of the molecule is c1ccc(-c2ccc(-c3nc(-c4ccc(N5c6cc7ccccc7cc6-c6cccc7cccc5c67)cc4)nc4c3oc3ccccc34)cc2)nc1. The van der Waals surface area contributed by atoms with E-state index in [0.717, 1.165) is 55.9 Å². The number of anilines is 3. The van der Waals surface area contributed by atoms with Gasteiger partial charge in [-0.1, -0.05) is 97.1 Å². The van der Waals surface area contributed by atoms with Crippen LogP contribution >= 0.6 is 0 Å². The van der Waals surface area contributed by atoms with Crippen LogP contribution in [-0.4, -0.2) is 15.0 Å². The summed E-state index contributed by atoms with van der Waals surface area (Å²) in [7, 11) is 0. The Bertz CT molecular complexity index is 3000. The van der Waals surface area contributed by atoms with E-state index in [2.05, 4.69) is 137 Å². The number of hydrogen-bond acceptors (Lipinski definition) is 5. The third-order valence-electron chi connectivity index (χ3n) is 10.2. The van der Waals surface area contributed by atoms with Crippen LogP contribution in [0.15, 0.2) is 174 Å². The van der Waals surface area contributed by atoms with Crippen LogP contribution in [0, 0.1) is 0 Å². The van der Waals surface area contributed by atoms with Gasteiger partial charge in [0.25, 0.3) is 0 Å². The van der Waals surface area contributed by atoms with Gasteiger partial charge in [-0.05, 0) is 88.5 Å². The fourth-order valence-electron chi connectivity index (χ4n) is 7.78. The van der Waals surface area contributed by atoms with Gasteiger partial charge in [-0.3, -0.25) is 4.98 Å². The summed E-state index contributed by atoms with van der Waals surface area (Å²) >= 11 is 0. The number of hydrogen-bond donors (Lipinski definition) is 0. The highest BCUT2D eigenvalue weighted by Crippen LogP contribution is 2.52. The average Bonchev–Trinajstić information content (AvgIpc) is 3.59. The predicted molar refractivity (Wildman–Crippen MR) is 212 cm³/mol. The van der Waals surface area contributed by atoms with Crippen molar-refractivity contribution in [1.29, 1.82) is 0 Å². The summed E-state index contributed by atoms with van der Waals surface area (Å²) in [4.78, 5) is 17.2. The Kier molecular flexibility index (Phi) is 6.18. The van der Waals surface area contributed by atoms with Crippen LogP contribution in [0.2, 0.25) is 0 Å². The molecule has 0 atom stereocenters. The maximum Gasteiger partial charge on any atom is 0.180 e. The second-order valence-corrected chi connectivity index (χ2v) is 13.2. The molecule has 11 rings (SSSR count). The topological polar surface area (TPSA) is 55.1 Å². The van der Waals surface area contributed by atoms with Gasteiger partial charge in [0.15, 0.2) is 11.4 Å². The molecule has 1 aliphatic heterocycles. The third kappa shape index (κ3) is 4.39. The van der Waals surface area contributed by atoms with E-state index in [1.807, 2.05) is 42.6 Å². The van der Waals surface area contributed by atoms with E-state index in [1.54, 1.807) is 0 Å². The lowest BCUT2D eigenvalue weighted by Gasteiger charge is -2.34. The van der Waals surface area contributed by atoms with Crippen molar-refractivity contribution >= 4 is 60.7 Å². The number of rotatable bonds is 4. The molecular weight excluding hydrogens is 637 g/mol. The summed E-state index contributed by atoms with van der Waals surface area (Å²) in [6.07, 6.45) is 1.81. The van der Waals surface area contributed by atoms with Gasteiger partial charge in [-0.2, -0.15) is 0 Å². The van der Waals surface area contributed by atoms with E-state index in [0.29, 0.717) is 11.4 Å². The first-order valence-corrected chi connectivity index (χ1v) is 17.4. The number of nitrogens with zero attached hydrogens (tertiary/aromatic N) is 4. The fourth-order valence-corrected chi connectivity index (χ4v) is 7.78. The number of para-hydroxylation sites is 1. The summed E-state index contributed by atoms with van der Waals surface area (Å²) in [6.45, 7) is 0. The van der Waals surface area contributed by atoms with E-state index in [4.69, 9.17) is 14.4 Å². The highest BCUT2D eigenvalue weighted by Gasteiger charge is 2.27. The molecule has 242 valence electrons. The monoisotopic (exact) mass is 664 g/mol. The van der Waals surface area contributed by atoms with E-state index in [-0.39, 0.29) is 0 Å². The molecule has 0 bridgehead atoms. The van der Waals surface area contributed by atoms with Crippen LogP contribution in [-0.2, 0) is 0 Å². The van der Waals surface area contributed by atoms with Crippen molar-refractivity contribution in [2.24, 2.45) is 0 Å². The van der Waals surface area contributed by atoms with Crippen molar-refractivity contribution in [2.45, 2.75) is 0 Å². The quantitative estimate of drug-likeness (QED) is 0.187. The molecule has 5 heteroatoms. The Labute approximate surface area is 299 Å². The van der Waals surface area contributed by atoms with E-state index in [1.165, 1.54) is 38.4 Å². The highest BCUT2D eigenvalue weighted by atomic mass is 16.3. The van der Waals surface area contributed by atoms with Gasteiger partial charge in [0.05, 0.1) is 17.1 Å². The summed E-state index contributed by atoms with van der Waals surface area (Å²) in [5, 5.41) is 5.90. The maximum absolute atomic E-state index is 6.42. The summed E-state index contributed by atoms with van der Waals surface area (Å²) in [5.41, 5.74) is 12.8. The Balaban J connectivity index is 1.06. The van der Waals surface area contributed by atoms with Crippen LogP contribution in [0.25, 0.3) is 88.6 Å². The molecule has 0 spiro atoms. The number of furan rings is 1. The van der Waals surface area contributed by atoms with Gasteiger partial charge >= 0.3 is 0 Å². The van der Waals surface area contributed by atoms with Gasteiger partial charge in [0.2, 0.25) is 0 Å². The van der Waals surface area contributed by atoms with Crippen molar-refractivity contribution in [3.8, 4) is 45.0 Å². The first-order chi connectivity index (χ1) is 25.8. The van der Waals surface area contributed by atoms with Crippen LogP contribution < -0.4 is 4.90 Å². The van der Waals surface area contributed by atoms with Crippen molar-refractivity contribution in [3.63, 3.8) is 0 Å². The van der Waals surface area contributed by atoms with E-state index < -0.39 is 0 Å². The van der Waals surface area contributed by atoms with Crippen LogP contribution in [0.1, 0.15) is 0 Å². The van der Waals surface area contributed by atoms with Crippen LogP contribution in [0.3, 0.4) is 0 Å². The normalized spacial score (nSPS) is 12.2. The molecule has 4 heterocycles. The fraction of sp³-hybridized carbons (Fsp3) is 0. The first kappa shape index (κ1) is 28.7. The Hall–Kier alpha value is -7.11. The largest absolute Gasteiger partial charge is 0.452 e. The maximum atomic E-state index is 6.42. The number of aromatic nitrogens is 3. The predicted octanol–water partition coefficient (Wildman–Crippen LogP) is 12.5. The molecular formula is C47H28N4O. The van der Waals surface area contributed by atoms with Crippen molar-refractivity contribution in [3.05, 3.63) is 170 Å². The molecule has 1 aliphatic rings. The van der Waals surface area contributed by atoms with Gasteiger partial charge in [-0.25, -0.2) is 9.97 Å². The molecule has 0 unspecified atom stereocenters. The van der Waals surface area contributed by atoms with Gasteiger partial charge in [0.1, 0.15) is 16.8 Å². The minimum Gasteiger partial charge on any atom is -0.452 e. The van der Waals surface area contributed by atoms with Gasteiger partial charge in [0, 0.05) is 44.9 Å². The smallest absolute Gasteiger partial charge is 0.180 e. The lowest BCUT2D eigenvalue weighted by Crippen LogP contribution is -2.15. The van der Waals surface area contributed by atoms with Crippen molar-refractivity contribution in [1.82, 2.24) is 15.0 Å². The van der Waals surface area contributed by atoms with Crippen LogP contribution in [0.4, 0.5) is 17.1 Å². The molecule has 0 amide bonds. The second-order valence-electron chi connectivity index (χ2n) is 13.2. The molecule has 0 N–H and O–H groups in total. The van der Waals surface area contributed by atoms with E-state index >= 15 is 0 Å². The number of benzene rings is 7. The molecule has 0 saturated heterocycles. The van der Waals surface area contributed by atoms with Crippen molar-refractivity contribution < 1.29 is 4.42 Å². The highest BCUT2D eigenvalue weighted by molar-refractivity contribution is 6.15. The third-order valence-corrected chi connectivity index (χ3v) is 10.2. The zero-order valence-electron chi connectivity index (χ0n) is 27.9. The average molecular weight is 665 g/mol. The number of pyridine rings is 1. The number of fused-ring (bicyclic) bond motifs is 6. The van der Waals surface area contributed by atoms with Gasteiger partial charge < -0.3 is 9.32 Å². The first-order valence-electron chi connectivity index (χ1n) is 17.4. The standard InChI is InChI=1S/C47H28N4O/c1-2-10-34-28-41-38(27-33(34)9-1)36-14-7-11-30-12-8-16-40(43(30)36)51(41)35-24-22-32(23-25-35)47-49-44(46-45(50-47)37-13-3-4-17-42(37)52-46)31-20-18-29(19-21-31)39-15-5-6-26-48-39/h1-28H. The minimum absolute atomic E-state index is 0.645. The van der Waals surface area contributed by atoms with Gasteiger partial charge in [-0.15, -0.1) is 0 Å². The Morgan fingerprint density at radius 1 is 0.500 bits per heavy atom. The van der Waals surface area contributed by atoms with Crippen LogP contribution in [0.5, 0.6) is 0 Å². The zero-order valence-corrected chi connectivity index (χ0v) is 27.9. The lowest BCUT2D eigenvalue weighted by molar-refractivity contribution is 0.667. The summed E-state index contributed by atoms with van der Waals surface area (Å²) < 4.78 is 6.42. The van der Waals surface area contributed by atoms with Crippen molar-refractivity contribution in [2.75, 3.05) is 4.90 Å². The second kappa shape index (κ2) is 11.2. The summed E-state index contributed by atoms with van der Waals surface area (Å²) in [5.74, 6) is 0.645. The molecule has 10 aromatic rings. The molecule has 0 fully saturated rings.